The van der Waals surface area contributed by atoms with Crippen molar-refractivity contribution in [3.63, 3.8) is 0 Å². The van der Waals surface area contributed by atoms with Crippen LogP contribution >= 0.6 is 11.3 Å². The van der Waals surface area contributed by atoms with Gasteiger partial charge in [-0.25, -0.2) is 14.8 Å². The molecule has 4 heterocycles. The summed E-state index contributed by atoms with van der Waals surface area (Å²) < 4.78 is 1.77. The van der Waals surface area contributed by atoms with Gasteiger partial charge in [0.2, 0.25) is 0 Å². The number of nitrogens with one attached hydrogen (secondary N) is 4. The maximum atomic E-state index is 11.5. The molecule has 1 fully saturated rings. The topological polar surface area (TPSA) is 116 Å². The monoisotopic (exact) mass is 394 g/mol. The van der Waals surface area contributed by atoms with Gasteiger partial charge in [-0.2, -0.15) is 9.61 Å². The van der Waals surface area contributed by atoms with Crippen molar-refractivity contribution in [1.29, 1.82) is 0 Å². The van der Waals surface area contributed by atoms with E-state index in [1.54, 1.807) is 22.0 Å². The molecule has 142 valence electrons. The van der Waals surface area contributed by atoms with E-state index in [1.807, 2.05) is 25.3 Å². The third kappa shape index (κ3) is 3.18. The molecule has 0 amide bonds. The summed E-state index contributed by atoms with van der Waals surface area (Å²) in [5.41, 5.74) is 1.15. The number of imidazole rings is 1. The van der Waals surface area contributed by atoms with Gasteiger partial charge >= 0.3 is 5.69 Å². The predicted octanol–water partition coefficient (Wildman–Crippen LogP) is 1.07. The van der Waals surface area contributed by atoms with Crippen molar-refractivity contribution in [1.82, 2.24) is 29.5 Å². The summed E-state index contributed by atoms with van der Waals surface area (Å²) in [4.78, 5) is 27.1. The van der Waals surface area contributed by atoms with Crippen LogP contribution in [0.1, 0.15) is 23.3 Å². The number of aromatic amines is 2. The van der Waals surface area contributed by atoms with E-state index in [2.05, 4.69) is 37.3 Å². The third-order valence-corrected chi connectivity index (χ3v) is 5.25. The highest BCUT2D eigenvalue weighted by molar-refractivity contribution is 7.15. The van der Waals surface area contributed by atoms with Crippen LogP contribution in [0.4, 0.5) is 16.8 Å². The van der Waals surface area contributed by atoms with Gasteiger partial charge < -0.3 is 20.6 Å². The summed E-state index contributed by atoms with van der Waals surface area (Å²) in [6, 6.07) is 2.40. The quantitative estimate of drug-likeness (QED) is 0.402. The fourth-order valence-electron chi connectivity index (χ4n) is 2.92. The molecule has 9 nitrogen and oxygen atoms in total. The van der Waals surface area contributed by atoms with E-state index in [0.717, 1.165) is 34.2 Å². The van der Waals surface area contributed by atoms with Crippen LogP contribution in [0.25, 0.3) is 18.3 Å². The van der Waals surface area contributed by atoms with E-state index in [4.69, 9.17) is 4.98 Å². The van der Waals surface area contributed by atoms with Crippen LogP contribution < -0.4 is 27.0 Å². The normalized spacial score (nSPS) is 14.7. The molecule has 0 atom stereocenters. The fraction of sp³-hybridized carbons (Fsp3) is 0.222. The first-order valence-corrected chi connectivity index (χ1v) is 9.70. The molecule has 0 bridgehead atoms. The molecule has 0 aliphatic heterocycles. The SMILES string of the molecule is C=c1[nH]c(=O)[nH]/c1=C\c1cnn2c(NC3CC3)cc(Nc3ncc(C)s3)nc12. The summed E-state index contributed by atoms with van der Waals surface area (Å²) in [5, 5.41) is 13.2. The van der Waals surface area contributed by atoms with Gasteiger partial charge in [0.1, 0.15) is 11.6 Å². The highest BCUT2D eigenvalue weighted by Crippen LogP contribution is 2.28. The molecular formula is C18H18N8OS. The van der Waals surface area contributed by atoms with E-state index in [0.29, 0.717) is 28.2 Å². The van der Waals surface area contributed by atoms with E-state index >= 15 is 0 Å². The Balaban J connectivity index is 1.64. The number of aromatic nitrogens is 6. The number of anilines is 3. The van der Waals surface area contributed by atoms with Crippen molar-refractivity contribution >= 4 is 46.4 Å². The lowest BCUT2D eigenvalue weighted by atomic mass is 10.3. The van der Waals surface area contributed by atoms with E-state index < -0.39 is 0 Å². The number of hydrogen-bond acceptors (Lipinski definition) is 7. The molecule has 4 aromatic rings. The van der Waals surface area contributed by atoms with Crippen LogP contribution in [-0.4, -0.2) is 35.6 Å². The molecule has 1 aliphatic rings. The smallest absolute Gasteiger partial charge is 0.323 e. The Bertz CT molecular complexity index is 1340. The molecular weight excluding hydrogens is 376 g/mol. The van der Waals surface area contributed by atoms with E-state index in [-0.39, 0.29) is 5.69 Å². The standard InChI is InChI=1S/C18H18N8OS/c1-9-7-19-18(28-9)25-14-6-15(22-12-3-4-12)26-16(24-14)11(8-20-26)5-13-10(2)21-17(27)23-13/h5-8,12,22H,2-4H2,1H3,(H,19,24,25)(H2,21,23,27)/b13-5-. The first-order chi connectivity index (χ1) is 13.5. The number of H-pyrrole nitrogens is 2. The Hall–Kier alpha value is -3.40. The lowest BCUT2D eigenvalue weighted by molar-refractivity contribution is 0.926. The zero-order valence-corrected chi connectivity index (χ0v) is 15.9. The largest absolute Gasteiger partial charge is 0.367 e. The number of fused-ring (bicyclic) bond motifs is 1. The van der Waals surface area contributed by atoms with Gasteiger partial charge in [-0.15, -0.1) is 11.3 Å². The molecule has 4 N–H and O–H groups in total. The first-order valence-electron chi connectivity index (χ1n) is 8.89. The first kappa shape index (κ1) is 16.8. The van der Waals surface area contributed by atoms with E-state index in [1.165, 1.54) is 0 Å². The van der Waals surface area contributed by atoms with Crippen molar-refractivity contribution in [2.75, 3.05) is 10.6 Å². The molecule has 1 saturated carbocycles. The Morgan fingerprint density at radius 3 is 2.89 bits per heavy atom. The highest BCUT2D eigenvalue weighted by atomic mass is 32.1. The maximum Gasteiger partial charge on any atom is 0.323 e. The van der Waals surface area contributed by atoms with Crippen LogP contribution in [0.3, 0.4) is 0 Å². The average molecular weight is 394 g/mol. The minimum absolute atomic E-state index is 0.293. The molecule has 0 unspecified atom stereocenters. The van der Waals surface area contributed by atoms with Gasteiger partial charge in [-0.1, -0.05) is 6.58 Å². The second kappa shape index (κ2) is 6.34. The number of rotatable bonds is 5. The van der Waals surface area contributed by atoms with Crippen LogP contribution in [0.5, 0.6) is 0 Å². The molecule has 0 aromatic carbocycles. The minimum Gasteiger partial charge on any atom is -0.367 e. The molecule has 0 radical (unpaired) electrons. The van der Waals surface area contributed by atoms with Crippen molar-refractivity contribution in [3.05, 3.63) is 50.1 Å². The second-order valence-corrected chi connectivity index (χ2v) is 8.03. The van der Waals surface area contributed by atoms with Crippen LogP contribution in [0.2, 0.25) is 0 Å². The number of hydrogen-bond donors (Lipinski definition) is 4. The summed E-state index contributed by atoms with van der Waals surface area (Å²) in [6.45, 7) is 5.86. The van der Waals surface area contributed by atoms with Crippen molar-refractivity contribution in [2.24, 2.45) is 0 Å². The number of thiazole rings is 1. The van der Waals surface area contributed by atoms with Gasteiger partial charge in [-0.05, 0) is 25.8 Å². The molecule has 5 rings (SSSR count). The van der Waals surface area contributed by atoms with Gasteiger partial charge in [-0.3, -0.25) is 0 Å². The van der Waals surface area contributed by atoms with Crippen molar-refractivity contribution < 1.29 is 0 Å². The predicted molar refractivity (Wildman–Crippen MR) is 110 cm³/mol. The fourth-order valence-corrected chi connectivity index (χ4v) is 3.59. The van der Waals surface area contributed by atoms with Crippen molar-refractivity contribution in [3.8, 4) is 0 Å². The van der Waals surface area contributed by atoms with Gasteiger partial charge in [0, 0.05) is 28.7 Å². The molecule has 0 saturated heterocycles. The van der Waals surface area contributed by atoms with Gasteiger partial charge in [0.25, 0.3) is 0 Å². The summed E-state index contributed by atoms with van der Waals surface area (Å²) >= 11 is 1.57. The Kier molecular flexibility index (Phi) is 3.79. The lowest BCUT2D eigenvalue weighted by Crippen LogP contribution is -2.22. The lowest BCUT2D eigenvalue weighted by Gasteiger charge is -2.10. The molecule has 4 aromatic heterocycles. The van der Waals surface area contributed by atoms with Gasteiger partial charge in [0.05, 0.1) is 16.9 Å². The summed E-state index contributed by atoms with van der Waals surface area (Å²) in [7, 11) is 0. The Morgan fingerprint density at radius 2 is 2.21 bits per heavy atom. The Morgan fingerprint density at radius 1 is 1.36 bits per heavy atom. The summed E-state index contributed by atoms with van der Waals surface area (Å²) in [5.74, 6) is 1.54. The van der Waals surface area contributed by atoms with E-state index in [9.17, 15) is 4.79 Å². The molecule has 0 spiro atoms. The molecule has 10 heteroatoms. The third-order valence-electron chi connectivity index (χ3n) is 4.42. The molecule has 28 heavy (non-hydrogen) atoms. The Labute approximate surface area is 162 Å². The zero-order chi connectivity index (χ0) is 19.3. The highest BCUT2D eigenvalue weighted by Gasteiger charge is 2.23. The summed E-state index contributed by atoms with van der Waals surface area (Å²) in [6.07, 6.45) is 7.66. The van der Waals surface area contributed by atoms with Crippen LogP contribution in [0, 0.1) is 6.92 Å². The van der Waals surface area contributed by atoms with Crippen LogP contribution in [-0.2, 0) is 0 Å². The van der Waals surface area contributed by atoms with Crippen molar-refractivity contribution in [2.45, 2.75) is 25.8 Å². The van der Waals surface area contributed by atoms with Gasteiger partial charge in [0.15, 0.2) is 10.8 Å². The maximum absolute atomic E-state index is 11.5. The number of nitrogens with zero attached hydrogens (tertiary/aromatic N) is 4. The average Bonchev–Trinajstić information content (AvgIpc) is 3.08. The minimum atomic E-state index is -0.293. The number of aryl methyl sites for hydroxylation is 1. The second-order valence-electron chi connectivity index (χ2n) is 6.80. The molecule has 1 aliphatic carbocycles. The zero-order valence-electron chi connectivity index (χ0n) is 15.1. The van der Waals surface area contributed by atoms with Crippen LogP contribution in [0.15, 0.2) is 23.3 Å².